The zero-order valence-electron chi connectivity index (χ0n) is 21.5. The molecule has 0 bridgehead atoms. The Morgan fingerprint density at radius 2 is 1.81 bits per heavy atom. The van der Waals surface area contributed by atoms with Crippen LogP contribution in [-0.2, 0) is 9.53 Å². The Labute approximate surface area is 227 Å². The number of hydrogen-bond donors (Lipinski definition) is 0. The maximum absolute atomic E-state index is 13.8. The van der Waals surface area contributed by atoms with Gasteiger partial charge in [-0.05, 0) is 55.3 Å². The van der Waals surface area contributed by atoms with E-state index >= 15 is 0 Å². The molecule has 2 heterocycles. The Morgan fingerprint density at radius 3 is 2.41 bits per heavy atom. The van der Waals surface area contributed by atoms with E-state index < -0.39 is 12.0 Å². The fourth-order valence-electron chi connectivity index (χ4n) is 4.19. The number of allylic oxidation sites excluding steroid dienone is 1. The number of carbonyl (C=O) groups is 1. The van der Waals surface area contributed by atoms with E-state index in [0.717, 1.165) is 11.3 Å². The molecule has 37 heavy (non-hydrogen) atoms. The minimum atomic E-state index is -0.775. The first kappa shape index (κ1) is 26.7. The average Bonchev–Trinajstić information content (AvgIpc) is 3.17. The van der Waals surface area contributed by atoms with Crippen molar-refractivity contribution < 1.29 is 19.0 Å². The van der Waals surface area contributed by atoms with E-state index in [-0.39, 0.29) is 12.2 Å². The third-order valence-electron chi connectivity index (χ3n) is 6.02. The molecule has 1 aliphatic heterocycles. The van der Waals surface area contributed by atoms with Gasteiger partial charge in [-0.25, -0.2) is 9.79 Å². The van der Waals surface area contributed by atoms with Gasteiger partial charge in [-0.15, -0.1) is 0 Å². The molecule has 8 nitrogen and oxygen atoms in total. The maximum Gasteiger partial charge on any atom is 0.338 e. The van der Waals surface area contributed by atoms with E-state index in [1.165, 1.54) is 18.4 Å². The van der Waals surface area contributed by atoms with Gasteiger partial charge in [0.2, 0.25) is 0 Å². The lowest BCUT2D eigenvalue weighted by molar-refractivity contribution is -0.139. The number of nitrogens with zero attached hydrogens (tertiary/aromatic N) is 3. The molecular formula is C27H28BrN3O5S. The minimum absolute atomic E-state index is 0.197. The van der Waals surface area contributed by atoms with Crippen molar-refractivity contribution in [1.82, 2.24) is 4.57 Å². The number of rotatable bonds is 7. The number of fused-ring (bicyclic) bond motifs is 1. The molecule has 1 aliphatic rings. The number of anilines is 1. The molecule has 2 aromatic carbocycles. The van der Waals surface area contributed by atoms with Crippen molar-refractivity contribution in [3.8, 4) is 11.5 Å². The van der Waals surface area contributed by atoms with Crippen LogP contribution < -0.4 is 29.3 Å². The van der Waals surface area contributed by atoms with Crippen molar-refractivity contribution >= 4 is 45.0 Å². The first-order valence-electron chi connectivity index (χ1n) is 11.6. The Morgan fingerprint density at radius 1 is 1.16 bits per heavy atom. The zero-order chi connectivity index (χ0) is 26.9. The van der Waals surface area contributed by atoms with Crippen molar-refractivity contribution in [1.29, 1.82) is 0 Å². The largest absolute Gasteiger partial charge is 0.493 e. The summed E-state index contributed by atoms with van der Waals surface area (Å²) in [5, 5.41) is 0. The van der Waals surface area contributed by atoms with Crippen LogP contribution in [0.2, 0.25) is 0 Å². The number of esters is 1. The molecule has 0 spiro atoms. The molecular weight excluding hydrogens is 558 g/mol. The van der Waals surface area contributed by atoms with Gasteiger partial charge in [0.25, 0.3) is 5.56 Å². The molecule has 0 saturated heterocycles. The number of benzene rings is 2. The second kappa shape index (κ2) is 10.9. The quantitative estimate of drug-likeness (QED) is 0.394. The summed E-state index contributed by atoms with van der Waals surface area (Å²) in [6.45, 7) is 3.69. The summed E-state index contributed by atoms with van der Waals surface area (Å²) in [4.78, 5) is 34.1. The fourth-order valence-corrected chi connectivity index (χ4v) is 5.77. The zero-order valence-corrected chi connectivity index (χ0v) is 23.9. The van der Waals surface area contributed by atoms with E-state index in [1.54, 1.807) is 37.7 Å². The molecule has 0 saturated carbocycles. The summed E-state index contributed by atoms with van der Waals surface area (Å²) in [7, 11) is 7.04. The van der Waals surface area contributed by atoms with Crippen LogP contribution in [0.1, 0.15) is 31.0 Å². The van der Waals surface area contributed by atoms with Gasteiger partial charge < -0.3 is 19.1 Å². The molecule has 194 valence electrons. The summed E-state index contributed by atoms with van der Waals surface area (Å²) >= 11 is 4.89. The van der Waals surface area contributed by atoms with Crippen LogP contribution in [-0.4, -0.2) is 45.5 Å². The number of aromatic nitrogens is 1. The van der Waals surface area contributed by atoms with Gasteiger partial charge in [0.05, 0.1) is 42.7 Å². The summed E-state index contributed by atoms with van der Waals surface area (Å²) in [5.74, 6) is 0.468. The summed E-state index contributed by atoms with van der Waals surface area (Å²) in [6.07, 6.45) is 1.84. The van der Waals surface area contributed by atoms with E-state index in [2.05, 4.69) is 20.9 Å². The summed E-state index contributed by atoms with van der Waals surface area (Å²) in [5.41, 5.74) is 3.14. The van der Waals surface area contributed by atoms with Gasteiger partial charge in [0, 0.05) is 24.3 Å². The van der Waals surface area contributed by atoms with Crippen molar-refractivity contribution in [2.45, 2.75) is 19.9 Å². The first-order chi connectivity index (χ1) is 17.7. The molecule has 0 N–H and O–H groups in total. The third kappa shape index (κ3) is 5.08. The highest BCUT2D eigenvalue weighted by Crippen LogP contribution is 2.40. The first-order valence-corrected chi connectivity index (χ1v) is 13.2. The average molecular weight is 587 g/mol. The van der Waals surface area contributed by atoms with Crippen LogP contribution in [0, 0.1) is 0 Å². The van der Waals surface area contributed by atoms with E-state index in [4.69, 9.17) is 14.2 Å². The third-order valence-corrected chi connectivity index (χ3v) is 7.69. The van der Waals surface area contributed by atoms with Crippen LogP contribution in [0.5, 0.6) is 11.5 Å². The van der Waals surface area contributed by atoms with Crippen molar-refractivity contribution in [2.24, 2.45) is 4.99 Å². The van der Waals surface area contributed by atoms with Crippen molar-refractivity contribution in [3.05, 3.63) is 83.0 Å². The van der Waals surface area contributed by atoms with Gasteiger partial charge in [-0.3, -0.25) is 9.36 Å². The van der Waals surface area contributed by atoms with Crippen LogP contribution in [0.15, 0.2) is 61.9 Å². The normalized spacial score (nSPS) is 15.2. The number of carbonyl (C=O) groups excluding carboxylic acids is 1. The van der Waals surface area contributed by atoms with Gasteiger partial charge in [0.1, 0.15) is 0 Å². The monoisotopic (exact) mass is 585 g/mol. The Kier molecular flexibility index (Phi) is 7.89. The molecule has 0 fully saturated rings. The van der Waals surface area contributed by atoms with Gasteiger partial charge in [0.15, 0.2) is 16.3 Å². The van der Waals surface area contributed by atoms with E-state index in [1.807, 2.05) is 49.3 Å². The number of thiazole rings is 1. The smallest absolute Gasteiger partial charge is 0.338 e. The molecule has 3 aromatic rings. The molecule has 1 unspecified atom stereocenters. The number of methoxy groups -OCH3 is 2. The maximum atomic E-state index is 13.8. The summed E-state index contributed by atoms with van der Waals surface area (Å²) < 4.78 is 19.0. The van der Waals surface area contributed by atoms with E-state index in [0.29, 0.717) is 42.1 Å². The molecule has 0 radical (unpaired) electrons. The van der Waals surface area contributed by atoms with Crippen LogP contribution in [0.3, 0.4) is 0 Å². The number of ether oxygens (including phenoxy) is 3. The van der Waals surface area contributed by atoms with Gasteiger partial charge in [-0.2, -0.15) is 0 Å². The molecule has 0 amide bonds. The number of halogens is 1. The topological polar surface area (TPSA) is 82.4 Å². The predicted octanol–water partition coefficient (Wildman–Crippen LogP) is 3.64. The second-order valence-corrected chi connectivity index (χ2v) is 10.4. The Hall–Kier alpha value is -3.37. The van der Waals surface area contributed by atoms with Gasteiger partial charge >= 0.3 is 5.97 Å². The molecule has 4 rings (SSSR count). The Bertz CT molecular complexity index is 1550. The standard InChI is InChI=1S/C27H28BrN3O5S/c1-7-36-26(33)23-15(2)29-27-31(24(23)18-13-20(34-5)21(35-6)14-19(18)28)25(32)22(37-27)12-16-8-10-17(11-9-16)30(3)4/h8-14,24H,7H2,1-6H3/b22-12-. The van der Waals surface area contributed by atoms with Crippen molar-refractivity contribution in [3.63, 3.8) is 0 Å². The summed E-state index contributed by atoms with van der Waals surface area (Å²) in [6, 6.07) is 10.7. The number of hydrogen-bond acceptors (Lipinski definition) is 8. The fraction of sp³-hybridized carbons (Fsp3) is 0.296. The van der Waals surface area contributed by atoms with Gasteiger partial charge in [-0.1, -0.05) is 39.4 Å². The second-order valence-electron chi connectivity index (χ2n) is 8.52. The lowest BCUT2D eigenvalue weighted by atomic mass is 9.95. The minimum Gasteiger partial charge on any atom is -0.493 e. The molecule has 1 aromatic heterocycles. The van der Waals surface area contributed by atoms with Crippen molar-refractivity contribution in [2.75, 3.05) is 39.8 Å². The molecule has 0 aliphatic carbocycles. The SMILES string of the molecule is CCOC(=O)C1=C(C)N=c2s/c(=C\c3ccc(N(C)C)cc3)c(=O)n2C1c1cc(OC)c(OC)cc1Br. The van der Waals surface area contributed by atoms with E-state index in [9.17, 15) is 9.59 Å². The molecule has 10 heteroatoms. The lowest BCUT2D eigenvalue weighted by Crippen LogP contribution is -2.40. The van der Waals surface area contributed by atoms with Crippen LogP contribution in [0.4, 0.5) is 5.69 Å². The highest BCUT2D eigenvalue weighted by Gasteiger charge is 2.35. The predicted molar refractivity (Wildman–Crippen MR) is 148 cm³/mol. The Balaban J connectivity index is 1.96. The highest BCUT2D eigenvalue weighted by atomic mass is 79.9. The highest BCUT2D eigenvalue weighted by molar-refractivity contribution is 9.10. The van der Waals surface area contributed by atoms with Crippen LogP contribution >= 0.6 is 27.3 Å². The lowest BCUT2D eigenvalue weighted by Gasteiger charge is -2.26. The van der Waals surface area contributed by atoms with Crippen LogP contribution in [0.25, 0.3) is 6.08 Å². The molecule has 1 atom stereocenters.